The predicted molar refractivity (Wildman–Crippen MR) is 96.5 cm³/mol. The molecule has 0 radical (unpaired) electrons. The second kappa shape index (κ2) is 7.94. The second-order valence-corrected chi connectivity index (χ2v) is 6.41. The SMILES string of the molecule is O=C(Nc1ccccc1)c1cccc(CN2CCC(C(=O)O)CC2)c1. The Labute approximate surface area is 147 Å². The van der Waals surface area contributed by atoms with E-state index in [2.05, 4.69) is 10.2 Å². The second-order valence-electron chi connectivity index (χ2n) is 6.41. The largest absolute Gasteiger partial charge is 0.481 e. The zero-order valence-corrected chi connectivity index (χ0v) is 14.0. The van der Waals surface area contributed by atoms with E-state index < -0.39 is 5.97 Å². The summed E-state index contributed by atoms with van der Waals surface area (Å²) in [5.74, 6) is -1.05. The van der Waals surface area contributed by atoms with Gasteiger partial charge in [-0.2, -0.15) is 0 Å². The number of nitrogens with zero attached hydrogens (tertiary/aromatic N) is 1. The summed E-state index contributed by atoms with van der Waals surface area (Å²) in [7, 11) is 0. The Morgan fingerprint density at radius 1 is 1.04 bits per heavy atom. The number of amides is 1. The molecule has 1 saturated heterocycles. The summed E-state index contributed by atoms with van der Waals surface area (Å²) >= 11 is 0. The molecular weight excluding hydrogens is 316 g/mol. The summed E-state index contributed by atoms with van der Waals surface area (Å²) in [6, 6.07) is 17.0. The molecule has 0 spiro atoms. The average Bonchev–Trinajstić information content (AvgIpc) is 2.63. The van der Waals surface area contributed by atoms with Crippen molar-refractivity contribution < 1.29 is 14.7 Å². The van der Waals surface area contributed by atoms with Crippen molar-refractivity contribution in [2.75, 3.05) is 18.4 Å². The molecule has 1 amide bonds. The van der Waals surface area contributed by atoms with Crippen LogP contribution in [0.5, 0.6) is 0 Å². The van der Waals surface area contributed by atoms with Crippen LogP contribution in [0.15, 0.2) is 54.6 Å². The number of hydrogen-bond donors (Lipinski definition) is 2. The number of carboxylic acid groups (broad SMARTS) is 1. The van der Waals surface area contributed by atoms with Gasteiger partial charge >= 0.3 is 5.97 Å². The first kappa shape index (κ1) is 17.2. The number of rotatable bonds is 5. The van der Waals surface area contributed by atoms with Crippen LogP contribution in [0.2, 0.25) is 0 Å². The van der Waals surface area contributed by atoms with E-state index in [4.69, 9.17) is 5.11 Å². The van der Waals surface area contributed by atoms with Crippen molar-refractivity contribution >= 4 is 17.6 Å². The van der Waals surface area contributed by atoms with Gasteiger partial charge in [0.05, 0.1) is 5.92 Å². The highest BCUT2D eigenvalue weighted by atomic mass is 16.4. The molecule has 0 saturated carbocycles. The van der Waals surface area contributed by atoms with Crippen LogP contribution in [0.25, 0.3) is 0 Å². The van der Waals surface area contributed by atoms with Crippen LogP contribution in [0.1, 0.15) is 28.8 Å². The summed E-state index contributed by atoms with van der Waals surface area (Å²) < 4.78 is 0. The molecule has 0 bridgehead atoms. The van der Waals surface area contributed by atoms with Gasteiger partial charge in [0.1, 0.15) is 0 Å². The van der Waals surface area contributed by atoms with Crippen molar-refractivity contribution in [3.8, 4) is 0 Å². The van der Waals surface area contributed by atoms with Crippen molar-refractivity contribution in [3.05, 3.63) is 65.7 Å². The van der Waals surface area contributed by atoms with Crippen molar-refractivity contribution in [1.29, 1.82) is 0 Å². The van der Waals surface area contributed by atoms with Gasteiger partial charge < -0.3 is 10.4 Å². The smallest absolute Gasteiger partial charge is 0.306 e. The quantitative estimate of drug-likeness (QED) is 0.878. The van der Waals surface area contributed by atoms with Gasteiger partial charge in [0.25, 0.3) is 5.91 Å². The van der Waals surface area contributed by atoms with Gasteiger partial charge in [0, 0.05) is 17.8 Å². The van der Waals surface area contributed by atoms with E-state index in [0.29, 0.717) is 18.4 Å². The highest BCUT2D eigenvalue weighted by molar-refractivity contribution is 6.04. The minimum Gasteiger partial charge on any atom is -0.481 e. The number of likely N-dealkylation sites (tertiary alicyclic amines) is 1. The van der Waals surface area contributed by atoms with Gasteiger partial charge in [0.15, 0.2) is 0 Å². The fourth-order valence-corrected chi connectivity index (χ4v) is 3.13. The van der Waals surface area contributed by atoms with Crippen LogP contribution < -0.4 is 5.32 Å². The van der Waals surface area contributed by atoms with E-state index in [9.17, 15) is 9.59 Å². The maximum atomic E-state index is 12.4. The summed E-state index contributed by atoms with van der Waals surface area (Å²) in [5.41, 5.74) is 2.46. The molecule has 130 valence electrons. The predicted octanol–water partition coefficient (Wildman–Crippen LogP) is 3.24. The van der Waals surface area contributed by atoms with E-state index in [1.165, 1.54) is 0 Å². The topological polar surface area (TPSA) is 69.6 Å². The standard InChI is InChI=1S/C20H22N2O3/c23-19(21-18-7-2-1-3-8-18)17-6-4-5-15(13-17)14-22-11-9-16(10-12-22)20(24)25/h1-8,13,16H,9-12,14H2,(H,21,23)(H,24,25). The number of carbonyl (C=O) groups excluding carboxylic acids is 1. The molecular formula is C20H22N2O3. The van der Waals surface area contributed by atoms with Gasteiger partial charge in [-0.05, 0) is 55.8 Å². The maximum Gasteiger partial charge on any atom is 0.306 e. The van der Waals surface area contributed by atoms with E-state index in [1.807, 2.05) is 48.5 Å². The molecule has 2 aromatic carbocycles. The summed E-state index contributed by atoms with van der Waals surface area (Å²) in [6.07, 6.45) is 1.37. The highest BCUT2D eigenvalue weighted by Crippen LogP contribution is 2.19. The van der Waals surface area contributed by atoms with E-state index in [-0.39, 0.29) is 11.8 Å². The molecule has 2 aromatic rings. The fraction of sp³-hybridized carbons (Fsp3) is 0.300. The molecule has 2 N–H and O–H groups in total. The normalized spacial score (nSPS) is 15.7. The van der Waals surface area contributed by atoms with Gasteiger partial charge in [-0.3, -0.25) is 14.5 Å². The summed E-state index contributed by atoms with van der Waals surface area (Å²) in [6.45, 7) is 2.29. The van der Waals surface area contributed by atoms with Crippen molar-refractivity contribution in [1.82, 2.24) is 4.90 Å². The summed E-state index contributed by atoms with van der Waals surface area (Å²) in [5, 5.41) is 12.0. The van der Waals surface area contributed by atoms with Gasteiger partial charge in [-0.15, -0.1) is 0 Å². The number of carbonyl (C=O) groups is 2. The third kappa shape index (κ3) is 4.67. The maximum absolute atomic E-state index is 12.4. The Kier molecular flexibility index (Phi) is 5.46. The Hall–Kier alpha value is -2.66. The lowest BCUT2D eigenvalue weighted by molar-refractivity contribution is -0.143. The van der Waals surface area contributed by atoms with Crippen LogP contribution in [-0.4, -0.2) is 35.0 Å². The Bertz CT molecular complexity index is 738. The van der Waals surface area contributed by atoms with E-state index in [0.717, 1.165) is 30.9 Å². The van der Waals surface area contributed by atoms with Crippen LogP contribution >= 0.6 is 0 Å². The number of piperidine rings is 1. The molecule has 1 aliphatic rings. The number of anilines is 1. The number of carboxylic acids is 1. The number of aliphatic carboxylic acids is 1. The molecule has 0 unspecified atom stereocenters. The van der Waals surface area contributed by atoms with Gasteiger partial charge in [0.2, 0.25) is 0 Å². The van der Waals surface area contributed by atoms with Crippen LogP contribution in [0, 0.1) is 5.92 Å². The number of hydrogen-bond acceptors (Lipinski definition) is 3. The first-order chi connectivity index (χ1) is 12.1. The first-order valence-electron chi connectivity index (χ1n) is 8.52. The van der Waals surface area contributed by atoms with Crippen molar-refractivity contribution in [3.63, 3.8) is 0 Å². The first-order valence-corrected chi connectivity index (χ1v) is 8.52. The average molecular weight is 338 g/mol. The molecule has 0 aromatic heterocycles. The minimum atomic E-state index is -0.695. The molecule has 25 heavy (non-hydrogen) atoms. The highest BCUT2D eigenvalue weighted by Gasteiger charge is 2.24. The molecule has 5 heteroatoms. The van der Waals surface area contributed by atoms with Gasteiger partial charge in [-0.25, -0.2) is 0 Å². The van der Waals surface area contributed by atoms with Crippen LogP contribution in [-0.2, 0) is 11.3 Å². The monoisotopic (exact) mass is 338 g/mol. The zero-order valence-electron chi connectivity index (χ0n) is 14.0. The molecule has 5 nitrogen and oxygen atoms in total. The van der Waals surface area contributed by atoms with E-state index in [1.54, 1.807) is 6.07 Å². The Morgan fingerprint density at radius 3 is 2.44 bits per heavy atom. The minimum absolute atomic E-state index is 0.127. The zero-order chi connectivity index (χ0) is 17.6. The Balaban J connectivity index is 1.60. The molecule has 1 aliphatic heterocycles. The third-order valence-corrected chi connectivity index (χ3v) is 4.56. The van der Waals surface area contributed by atoms with E-state index >= 15 is 0 Å². The fourth-order valence-electron chi connectivity index (χ4n) is 3.13. The molecule has 0 aliphatic carbocycles. The third-order valence-electron chi connectivity index (χ3n) is 4.56. The number of nitrogens with one attached hydrogen (secondary N) is 1. The van der Waals surface area contributed by atoms with Gasteiger partial charge in [-0.1, -0.05) is 30.3 Å². The summed E-state index contributed by atoms with van der Waals surface area (Å²) in [4.78, 5) is 25.7. The molecule has 1 heterocycles. The molecule has 3 rings (SSSR count). The van der Waals surface area contributed by atoms with Crippen molar-refractivity contribution in [2.45, 2.75) is 19.4 Å². The number of para-hydroxylation sites is 1. The Morgan fingerprint density at radius 2 is 1.76 bits per heavy atom. The van der Waals surface area contributed by atoms with Crippen molar-refractivity contribution in [2.24, 2.45) is 5.92 Å². The lowest BCUT2D eigenvalue weighted by atomic mass is 9.96. The molecule has 1 fully saturated rings. The molecule has 0 atom stereocenters. The lowest BCUT2D eigenvalue weighted by Gasteiger charge is -2.30. The van der Waals surface area contributed by atoms with Crippen LogP contribution in [0.4, 0.5) is 5.69 Å². The number of benzene rings is 2. The van der Waals surface area contributed by atoms with Crippen LogP contribution in [0.3, 0.4) is 0 Å². The lowest BCUT2D eigenvalue weighted by Crippen LogP contribution is -2.35.